The normalized spacial score (nSPS) is 12.8. The lowest BCUT2D eigenvalue weighted by atomic mass is 10.0. The number of ether oxygens (including phenoxy) is 3. The molecular formula is C72H122O6. The van der Waals surface area contributed by atoms with Gasteiger partial charge in [-0.15, -0.1) is 0 Å². The predicted molar refractivity (Wildman–Crippen MR) is 339 cm³/mol. The van der Waals surface area contributed by atoms with Gasteiger partial charge in [0.1, 0.15) is 13.2 Å². The maximum Gasteiger partial charge on any atom is 0.306 e. The summed E-state index contributed by atoms with van der Waals surface area (Å²) in [5.41, 5.74) is 0. The van der Waals surface area contributed by atoms with Crippen molar-refractivity contribution in [2.45, 2.75) is 316 Å². The fourth-order valence-electron chi connectivity index (χ4n) is 9.13. The highest BCUT2D eigenvalue weighted by Gasteiger charge is 2.19. The number of rotatable bonds is 59. The topological polar surface area (TPSA) is 78.9 Å². The zero-order valence-corrected chi connectivity index (χ0v) is 51.2. The van der Waals surface area contributed by atoms with E-state index in [0.29, 0.717) is 19.3 Å². The van der Waals surface area contributed by atoms with Crippen molar-refractivity contribution in [2.24, 2.45) is 0 Å². The summed E-state index contributed by atoms with van der Waals surface area (Å²) >= 11 is 0. The quantitative estimate of drug-likeness (QED) is 0.0261. The molecule has 0 aromatic heterocycles. The van der Waals surface area contributed by atoms with E-state index in [4.69, 9.17) is 14.2 Å². The molecule has 0 N–H and O–H groups in total. The first-order valence-electron chi connectivity index (χ1n) is 32.9. The average molecular weight is 1080 g/mol. The molecule has 0 spiro atoms. The Balaban J connectivity index is 4.16. The van der Waals surface area contributed by atoms with Crippen LogP contribution in [0.15, 0.2) is 109 Å². The second kappa shape index (κ2) is 65.6. The van der Waals surface area contributed by atoms with E-state index in [2.05, 4.69) is 130 Å². The third-order valence-electron chi connectivity index (χ3n) is 14.0. The maximum atomic E-state index is 12.9. The standard InChI is InChI=1S/C72H122O6/c1-4-7-10-13-16-19-22-25-27-28-29-30-31-32-33-34-35-36-37-38-39-40-41-42-43-44-45-48-50-53-56-59-62-65-71(74)77-68-69(67-76-70(73)64-61-58-55-52-49-46-24-21-18-15-12-9-6-3)78-72(75)66-63-60-57-54-51-47-26-23-20-17-14-11-8-5-2/h7,9-10,12,16,18-19,21,23,25-27,29-30,32-33,46,49,69H,4-6,8,11,13-15,17,20,22,24,28,31,34-45,47-48,50-68H2,1-3H3/b10-7-,12-9-,19-16-,21-18-,26-23-,27-25-,30-29-,33-32-,49-46-. The van der Waals surface area contributed by atoms with Crippen LogP contribution >= 0.6 is 0 Å². The minimum atomic E-state index is -0.794. The van der Waals surface area contributed by atoms with Crippen molar-refractivity contribution in [1.29, 1.82) is 0 Å². The molecule has 0 heterocycles. The molecule has 0 rings (SSSR count). The molecule has 0 aliphatic heterocycles. The van der Waals surface area contributed by atoms with Crippen molar-refractivity contribution in [2.75, 3.05) is 13.2 Å². The molecule has 0 saturated carbocycles. The Labute approximate surface area is 482 Å². The van der Waals surface area contributed by atoms with Gasteiger partial charge in [-0.3, -0.25) is 14.4 Å². The molecule has 1 unspecified atom stereocenters. The number of hydrogen-bond donors (Lipinski definition) is 0. The highest BCUT2D eigenvalue weighted by molar-refractivity contribution is 5.71. The summed E-state index contributed by atoms with van der Waals surface area (Å²) in [5.74, 6) is -0.920. The predicted octanol–water partition coefficient (Wildman–Crippen LogP) is 22.6. The van der Waals surface area contributed by atoms with Gasteiger partial charge >= 0.3 is 17.9 Å². The van der Waals surface area contributed by atoms with E-state index < -0.39 is 6.10 Å². The van der Waals surface area contributed by atoms with Gasteiger partial charge in [0.2, 0.25) is 0 Å². The van der Waals surface area contributed by atoms with Crippen LogP contribution in [-0.4, -0.2) is 37.2 Å². The first-order valence-corrected chi connectivity index (χ1v) is 32.9. The third-order valence-corrected chi connectivity index (χ3v) is 14.0. The monoisotopic (exact) mass is 1080 g/mol. The smallest absolute Gasteiger partial charge is 0.306 e. The largest absolute Gasteiger partial charge is 0.462 e. The Hall–Kier alpha value is -3.93. The lowest BCUT2D eigenvalue weighted by Gasteiger charge is -2.18. The van der Waals surface area contributed by atoms with Gasteiger partial charge < -0.3 is 14.2 Å². The molecule has 78 heavy (non-hydrogen) atoms. The second-order valence-electron chi connectivity index (χ2n) is 21.6. The SMILES string of the molecule is CC/C=C\C/C=C\C/C=C\C/C=C\C/C=C\CCCCCCCCCCCCCCCCCCCC(=O)OCC(COC(=O)CCCCC/C=C\C/C=C\C/C=C\CC)OC(=O)CCCCCCC/C=C\CCCCCCC. The van der Waals surface area contributed by atoms with Gasteiger partial charge in [0.25, 0.3) is 0 Å². The zero-order chi connectivity index (χ0) is 56.4. The van der Waals surface area contributed by atoms with Crippen LogP contribution in [0.1, 0.15) is 310 Å². The minimum Gasteiger partial charge on any atom is -0.462 e. The fourth-order valence-corrected chi connectivity index (χ4v) is 9.13. The van der Waals surface area contributed by atoms with Crippen molar-refractivity contribution >= 4 is 17.9 Å². The van der Waals surface area contributed by atoms with Gasteiger partial charge in [-0.05, 0) is 122 Å². The van der Waals surface area contributed by atoms with Crippen LogP contribution in [-0.2, 0) is 28.6 Å². The van der Waals surface area contributed by atoms with Gasteiger partial charge in [-0.1, -0.05) is 278 Å². The molecule has 1 atom stereocenters. The Kier molecular flexibility index (Phi) is 62.3. The number of allylic oxidation sites excluding steroid dienone is 18. The Morgan fingerprint density at radius 3 is 0.808 bits per heavy atom. The lowest BCUT2D eigenvalue weighted by Crippen LogP contribution is -2.30. The first-order chi connectivity index (χ1) is 38.5. The maximum absolute atomic E-state index is 12.9. The van der Waals surface area contributed by atoms with Gasteiger partial charge in [0.15, 0.2) is 6.10 Å². The molecule has 0 aliphatic rings. The summed E-state index contributed by atoms with van der Waals surface area (Å²) < 4.78 is 16.9. The van der Waals surface area contributed by atoms with E-state index in [1.807, 2.05) is 0 Å². The van der Waals surface area contributed by atoms with Crippen LogP contribution < -0.4 is 0 Å². The summed E-state index contributed by atoms with van der Waals surface area (Å²) in [5, 5.41) is 0. The highest BCUT2D eigenvalue weighted by Crippen LogP contribution is 2.16. The molecule has 6 heteroatoms. The van der Waals surface area contributed by atoms with E-state index in [9.17, 15) is 14.4 Å². The minimum absolute atomic E-state index is 0.0887. The van der Waals surface area contributed by atoms with Crippen molar-refractivity contribution in [3.05, 3.63) is 109 Å². The molecule has 446 valence electrons. The van der Waals surface area contributed by atoms with Crippen LogP contribution in [0, 0.1) is 0 Å². The molecule has 0 saturated heterocycles. The van der Waals surface area contributed by atoms with Crippen molar-refractivity contribution in [3.63, 3.8) is 0 Å². The van der Waals surface area contributed by atoms with Crippen molar-refractivity contribution in [1.82, 2.24) is 0 Å². The Morgan fingerprint density at radius 2 is 0.500 bits per heavy atom. The zero-order valence-electron chi connectivity index (χ0n) is 51.2. The molecule has 6 nitrogen and oxygen atoms in total. The van der Waals surface area contributed by atoms with E-state index in [1.165, 1.54) is 141 Å². The van der Waals surface area contributed by atoms with E-state index >= 15 is 0 Å². The van der Waals surface area contributed by atoms with Crippen LogP contribution in [0.4, 0.5) is 0 Å². The van der Waals surface area contributed by atoms with E-state index in [1.54, 1.807) is 0 Å². The van der Waals surface area contributed by atoms with Gasteiger partial charge in [0, 0.05) is 19.3 Å². The molecule has 0 aromatic carbocycles. The first kappa shape index (κ1) is 74.1. The van der Waals surface area contributed by atoms with Crippen LogP contribution in [0.2, 0.25) is 0 Å². The summed E-state index contributed by atoms with van der Waals surface area (Å²) in [4.78, 5) is 38.2. The summed E-state index contributed by atoms with van der Waals surface area (Å²) in [6, 6.07) is 0. The average Bonchev–Trinajstić information content (AvgIpc) is 3.44. The molecule has 0 radical (unpaired) electrons. The number of carbonyl (C=O) groups is 3. The second-order valence-corrected chi connectivity index (χ2v) is 21.6. The van der Waals surface area contributed by atoms with Crippen LogP contribution in [0.3, 0.4) is 0 Å². The number of carbonyl (C=O) groups excluding carboxylic acids is 3. The Morgan fingerprint density at radius 1 is 0.269 bits per heavy atom. The third kappa shape index (κ3) is 62.9. The van der Waals surface area contributed by atoms with Gasteiger partial charge in [-0.2, -0.15) is 0 Å². The van der Waals surface area contributed by atoms with E-state index in [0.717, 1.165) is 128 Å². The molecule has 0 fully saturated rings. The fraction of sp³-hybridized carbons (Fsp3) is 0.708. The van der Waals surface area contributed by atoms with Crippen LogP contribution in [0.5, 0.6) is 0 Å². The molecule has 0 aromatic rings. The Bertz CT molecular complexity index is 1570. The number of unbranched alkanes of at least 4 members (excludes halogenated alkanes) is 30. The summed E-state index contributed by atoms with van der Waals surface area (Å²) in [6.07, 6.45) is 89.8. The van der Waals surface area contributed by atoms with E-state index in [-0.39, 0.29) is 31.1 Å². The molecule has 0 aliphatic carbocycles. The summed E-state index contributed by atoms with van der Waals surface area (Å²) in [7, 11) is 0. The molecule has 0 amide bonds. The molecular weight excluding hydrogens is 961 g/mol. The lowest BCUT2D eigenvalue weighted by molar-refractivity contribution is -0.167. The number of esters is 3. The summed E-state index contributed by atoms with van der Waals surface area (Å²) in [6.45, 7) is 6.39. The molecule has 0 bridgehead atoms. The van der Waals surface area contributed by atoms with Crippen molar-refractivity contribution < 1.29 is 28.6 Å². The number of hydrogen-bond acceptors (Lipinski definition) is 6. The van der Waals surface area contributed by atoms with Crippen LogP contribution in [0.25, 0.3) is 0 Å². The highest BCUT2D eigenvalue weighted by atomic mass is 16.6. The van der Waals surface area contributed by atoms with Gasteiger partial charge in [-0.25, -0.2) is 0 Å². The van der Waals surface area contributed by atoms with Gasteiger partial charge in [0.05, 0.1) is 0 Å². The van der Waals surface area contributed by atoms with Crippen molar-refractivity contribution in [3.8, 4) is 0 Å².